The van der Waals surface area contributed by atoms with Gasteiger partial charge in [-0.15, -0.1) is 0 Å². The van der Waals surface area contributed by atoms with Crippen LogP contribution in [0.2, 0.25) is 0 Å². The molecular formula is C15H22FN3O. The standard InChI is InChI=1S/C15H22FN3O/c1-3-19-8-4-5-12(19)10-18(2)15(20)13-7-6-11(16)9-14(13)17/h6-7,9,12H,3-5,8,10,17H2,1-2H3. The summed E-state index contributed by atoms with van der Waals surface area (Å²) < 4.78 is 13.0. The van der Waals surface area contributed by atoms with Gasteiger partial charge in [0.1, 0.15) is 5.82 Å². The normalized spacial score (nSPS) is 19.2. The van der Waals surface area contributed by atoms with E-state index < -0.39 is 5.82 Å². The quantitative estimate of drug-likeness (QED) is 0.857. The van der Waals surface area contributed by atoms with E-state index in [0.717, 1.165) is 19.5 Å². The number of rotatable bonds is 4. The molecule has 1 fully saturated rings. The van der Waals surface area contributed by atoms with Gasteiger partial charge in [-0.25, -0.2) is 4.39 Å². The Morgan fingerprint density at radius 3 is 2.95 bits per heavy atom. The van der Waals surface area contributed by atoms with Crippen LogP contribution >= 0.6 is 0 Å². The van der Waals surface area contributed by atoms with Gasteiger partial charge in [0.15, 0.2) is 0 Å². The van der Waals surface area contributed by atoms with Crippen LogP contribution in [-0.4, -0.2) is 48.4 Å². The lowest BCUT2D eigenvalue weighted by Gasteiger charge is -2.28. The molecule has 1 heterocycles. The minimum Gasteiger partial charge on any atom is -0.398 e. The minimum atomic E-state index is -0.422. The monoisotopic (exact) mass is 279 g/mol. The fourth-order valence-corrected chi connectivity index (χ4v) is 2.85. The molecule has 1 unspecified atom stereocenters. The van der Waals surface area contributed by atoms with E-state index in [4.69, 9.17) is 5.73 Å². The second kappa shape index (κ2) is 6.22. The van der Waals surface area contributed by atoms with Gasteiger partial charge in [-0.05, 0) is 44.1 Å². The second-order valence-electron chi connectivity index (χ2n) is 5.34. The molecule has 1 atom stereocenters. The highest BCUT2D eigenvalue weighted by Crippen LogP contribution is 2.20. The maximum absolute atomic E-state index is 13.0. The molecular weight excluding hydrogens is 257 g/mol. The maximum atomic E-state index is 13.0. The molecule has 2 N–H and O–H groups in total. The van der Waals surface area contributed by atoms with Crippen molar-refractivity contribution in [1.82, 2.24) is 9.80 Å². The van der Waals surface area contributed by atoms with Crippen molar-refractivity contribution in [2.75, 3.05) is 32.4 Å². The molecule has 0 radical (unpaired) electrons. The molecule has 1 aliphatic rings. The zero-order chi connectivity index (χ0) is 14.7. The Bertz CT molecular complexity index is 492. The molecule has 110 valence electrons. The Morgan fingerprint density at radius 1 is 1.55 bits per heavy atom. The average molecular weight is 279 g/mol. The van der Waals surface area contributed by atoms with E-state index in [2.05, 4.69) is 11.8 Å². The molecule has 1 amide bonds. The predicted octanol–water partition coefficient (Wildman–Crippen LogP) is 1.96. The number of likely N-dealkylation sites (N-methyl/N-ethyl adjacent to an activating group) is 2. The number of anilines is 1. The van der Waals surface area contributed by atoms with Gasteiger partial charge in [0.25, 0.3) is 5.91 Å². The van der Waals surface area contributed by atoms with Crippen molar-refractivity contribution in [3.05, 3.63) is 29.6 Å². The highest BCUT2D eigenvalue weighted by atomic mass is 19.1. The molecule has 0 aliphatic carbocycles. The molecule has 1 aromatic carbocycles. The van der Waals surface area contributed by atoms with E-state index in [9.17, 15) is 9.18 Å². The van der Waals surface area contributed by atoms with Crippen molar-refractivity contribution >= 4 is 11.6 Å². The summed E-state index contributed by atoms with van der Waals surface area (Å²) in [4.78, 5) is 16.4. The Labute approximate surface area is 119 Å². The summed E-state index contributed by atoms with van der Waals surface area (Å²) in [5, 5.41) is 0. The van der Waals surface area contributed by atoms with Crippen LogP contribution in [0.5, 0.6) is 0 Å². The Morgan fingerprint density at radius 2 is 2.30 bits per heavy atom. The SMILES string of the molecule is CCN1CCCC1CN(C)C(=O)c1ccc(F)cc1N. The molecule has 1 saturated heterocycles. The molecule has 1 aromatic rings. The molecule has 5 heteroatoms. The number of carbonyl (C=O) groups is 1. The van der Waals surface area contributed by atoms with Crippen molar-refractivity contribution in [3.63, 3.8) is 0 Å². The molecule has 0 saturated carbocycles. The van der Waals surface area contributed by atoms with E-state index in [1.165, 1.54) is 24.6 Å². The van der Waals surface area contributed by atoms with Crippen LogP contribution in [0.3, 0.4) is 0 Å². The zero-order valence-corrected chi connectivity index (χ0v) is 12.1. The number of likely N-dealkylation sites (tertiary alicyclic amines) is 1. The molecule has 2 rings (SSSR count). The number of nitrogens with two attached hydrogens (primary N) is 1. The predicted molar refractivity (Wildman–Crippen MR) is 78.0 cm³/mol. The molecule has 0 spiro atoms. The molecule has 1 aliphatic heterocycles. The zero-order valence-electron chi connectivity index (χ0n) is 12.1. The van der Waals surface area contributed by atoms with Crippen LogP contribution < -0.4 is 5.73 Å². The lowest BCUT2D eigenvalue weighted by molar-refractivity contribution is 0.0755. The summed E-state index contributed by atoms with van der Waals surface area (Å²) in [6.07, 6.45) is 2.30. The van der Waals surface area contributed by atoms with E-state index in [0.29, 0.717) is 18.2 Å². The van der Waals surface area contributed by atoms with Crippen molar-refractivity contribution < 1.29 is 9.18 Å². The van der Waals surface area contributed by atoms with Gasteiger partial charge in [0.2, 0.25) is 0 Å². The third-order valence-electron chi connectivity index (χ3n) is 3.98. The summed E-state index contributed by atoms with van der Waals surface area (Å²) in [5.74, 6) is -0.569. The number of halogens is 1. The average Bonchev–Trinajstić information content (AvgIpc) is 2.85. The van der Waals surface area contributed by atoms with Crippen molar-refractivity contribution in [2.45, 2.75) is 25.8 Å². The number of nitrogens with zero attached hydrogens (tertiary/aromatic N) is 2. The van der Waals surface area contributed by atoms with Crippen molar-refractivity contribution in [2.24, 2.45) is 0 Å². The highest BCUT2D eigenvalue weighted by molar-refractivity contribution is 5.98. The first-order valence-electron chi connectivity index (χ1n) is 7.07. The lowest BCUT2D eigenvalue weighted by atomic mass is 10.1. The topological polar surface area (TPSA) is 49.6 Å². The number of hydrogen-bond donors (Lipinski definition) is 1. The van der Waals surface area contributed by atoms with Gasteiger partial charge >= 0.3 is 0 Å². The Hall–Kier alpha value is -1.62. The third kappa shape index (κ3) is 3.10. The van der Waals surface area contributed by atoms with Gasteiger partial charge in [0.05, 0.1) is 5.56 Å². The molecule has 20 heavy (non-hydrogen) atoms. The number of benzene rings is 1. The van der Waals surface area contributed by atoms with E-state index in [-0.39, 0.29) is 11.6 Å². The van der Waals surface area contributed by atoms with E-state index in [1.54, 1.807) is 11.9 Å². The first-order valence-corrected chi connectivity index (χ1v) is 7.07. The van der Waals surface area contributed by atoms with Crippen LogP contribution in [0.25, 0.3) is 0 Å². The van der Waals surface area contributed by atoms with Crippen LogP contribution in [0.4, 0.5) is 10.1 Å². The van der Waals surface area contributed by atoms with Gasteiger partial charge in [-0.2, -0.15) is 0 Å². The van der Waals surface area contributed by atoms with Crippen molar-refractivity contribution in [1.29, 1.82) is 0 Å². The number of nitrogen functional groups attached to an aromatic ring is 1. The summed E-state index contributed by atoms with van der Waals surface area (Å²) >= 11 is 0. The minimum absolute atomic E-state index is 0.148. The first kappa shape index (κ1) is 14.8. The molecule has 0 bridgehead atoms. The smallest absolute Gasteiger partial charge is 0.255 e. The number of hydrogen-bond acceptors (Lipinski definition) is 3. The van der Waals surface area contributed by atoms with Gasteiger partial charge in [-0.3, -0.25) is 9.69 Å². The van der Waals surface area contributed by atoms with E-state index in [1.807, 2.05) is 0 Å². The van der Waals surface area contributed by atoms with Crippen LogP contribution in [0.1, 0.15) is 30.1 Å². The van der Waals surface area contributed by atoms with Gasteiger partial charge < -0.3 is 10.6 Å². The summed E-state index contributed by atoms with van der Waals surface area (Å²) in [5.41, 5.74) is 6.29. The summed E-state index contributed by atoms with van der Waals surface area (Å²) in [6.45, 7) is 4.93. The number of amides is 1. The third-order valence-corrected chi connectivity index (χ3v) is 3.98. The van der Waals surface area contributed by atoms with Gasteiger partial charge in [0, 0.05) is 25.3 Å². The van der Waals surface area contributed by atoms with Crippen LogP contribution in [0.15, 0.2) is 18.2 Å². The van der Waals surface area contributed by atoms with Gasteiger partial charge in [-0.1, -0.05) is 6.92 Å². The largest absolute Gasteiger partial charge is 0.398 e. The van der Waals surface area contributed by atoms with Crippen LogP contribution in [0, 0.1) is 5.82 Å². The Balaban J connectivity index is 2.05. The van der Waals surface area contributed by atoms with Crippen LogP contribution in [-0.2, 0) is 0 Å². The Kier molecular flexibility index (Phi) is 4.60. The first-order chi connectivity index (χ1) is 9.52. The lowest BCUT2D eigenvalue weighted by Crippen LogP contribution is -2.41. The second-order valence-corrected chi connectivity index (χ2v) is 5.34. The summed E-state index contributed by atoms with van der Waals surface area (Å²) in [6, 6.07) is 4.33. The highest BCUT2D eigenvalue weighted by Gasteiger charge is 2.26. The summed E-state index contributed by atoms with van der Waals surface area (Å²) in [7, 11) is 1.78. The molecule has 4 nitrogen and oxygen atoms in total. The van der Waals surface area contributed by atoms with Crippen molar-refractivity contribution in [3.8, 4) is 0 Å². The fraction of sp³-hybridized carbons (Fsp3) is 0.533. The number of carbonyl (C=O) groups excluding carboxylic acids is 1. The van der Waals surface area contributed by atoms with E-state index >= 15 is 0 Å². The fourth-order valence-electron chi connectivity index (χ4n) is 2.85. The maximum Gasteiger partial charge on any atom is 0.255 e. The molecule has 0 aromatic heterocycles.